The highest BCUT2D eigenvalue weighted by Crippen LogP contribution is 2.23. The monoisotopic (exact) mass is 169 g/mol. The normalized spacial score (nSPS) is 34.0. The zero-order valence-corrected chi connectivity index (χ0v) is 6.43. The lowest BCUT2D eigenvalue weighted by molar-refractivity contribution is 0.171. The van der Waals surface area contributed by atoms with Crippen molar-refractivity contribution >= 4 is 17.8 Å². The number of hydrogen-bond acceptors (Lipinski definition) is 5. The number of nitrogens with zero attached hydrogens (tertiary/aromatic N) is 1. The molecule has 1 unspecified atom stereocenters. The smallest absolute Gasteiger partial charge is 0.179 e. The molecule has 2 aliphatic rings. The van der Waals surface area contributed by atoms with Crippen molar-refractivity contribution < 1.29 is 5.11 Å². The molecule has 1 aliphatic heterocycles. The fourth-order valence-electron chi connectivity index (χ4n) is 0.987. The highest BCUT2D eigenvalue weighted by molar-refractivity contribution is 7.96. The molecule has 4 nitrogen and oxygen atoms in total. The molecule has 1 atom stereocenters. The van der Waals surface area contributed by atoms with E-state index in [9.17, 15) is 5.11 Å². The number of nitrogens with two attached hydrogens (primary N) is 1. The zero-order chi connectivity index (χ0) is 7.90. The molecule has 11 heavy (non-hydrogen) atoms. The predicted molar refractivity (Wildman–Crippen MR) is 44.5 cm³/mol. The third-order valence-corrected chi connectivity index (χ3v) is 2.13. The average molecular weight is 169 g/mol. The summed E-state index contributed by atoms with van der Waals surface area (Å²) < 4.78 is 6.84. The van der Waals surface area contributed by atoms with Gasteiger partial charge in [0.05, 0.1) is 17.8 Å². The van der Waals surface area contributed by atoms with Crippen LogP contribution in [0.4, 0.5) is 0 Å². The fraction of sp³-hybridized carbons (Fsp3) is 0.167. The molecule has 0 spiro atoms. The van der Waals surface area contributed by atoms with Crippen LogP contribution < -0.4 is 10.5 Å². The number of nitrogens with one attached hydrogen (secondary N) is 1. The SMILES string of the molecule is NC1(O)C=CC=C2NSN=C21. The molecule has 5 heteroatoms. The van der Waals surface area contributed by atoms with E-state index in [0.29, 0.717) is 5.71 Å². The molecule has 58 valence electrons. The van der Waals surface area contributed by atoms with Gasteiger partial charge in [0.15, 0.2) is 5.72 Å². The molecule has 0 amide bonds. The number of allylic oxidation sites excluding steroid dienone is 2. The molecule has 0 saturated carbocycles. The Balaban J connectivity index is 2.46. The molecule has 0 saturated heterocycles. The van der Waals surface area contributed by atoms with Crippen molar-refractivity contribution in [2.24, 2.45) is 10.1 Å². The van der Waals surface area contributed by atoms with Crippen molar-refractivity contribution in [2.45, 2.75) is 5.72 Å². The van der Waals surface area contributed by atoms with Crippen molar-refractivity contribution in [2.75, 3.05) is 0 Å². The van der Waals surface area contributed by atoms with Gasteiger partial charge in [0.25, 0.3) is 0 Å². The number of aliphatic hydroxyl groups is 1. The second kappa shape index (κ2) is 2.10. The third-order valence-electron chi connectivity index (χ3n) is 1.54. The van der Waals surface area contributed by atoms with Crippen LogP contribution in [0.2, 0.25) is 0 Å². The number of hydrogen-bond donors (Lipinski definition) is 3. The van der Waals surface area contributed by atoms with Crippen LogP contribution in [0.5, 0.6) is 0 Å². The lowest BCUT2D eigenvalue weighted by Crippen LogP contribution is -2.47. The summed E-state index contributed by atoms with van der Waals surface area (Å²) in [6, 6.07) is 0. The second-order valence-electron chi connectivity index (χ2n) is 2.40. The minimum Gasteiger partial charge on any atom is -0.367 e. The first-order chi connectivity index (χ1) is 5.20. The van der Waals surface area contributed by atoms with Crippen molar-refractivity contribution in [1.82, 2.24) is 4.72 Å². The Morgan fingerprint density at radius 2 is 2.55 bits per heavy atom. The maximum Gasteiger partial charge on any atom is 0.179 e. The van der Waals surface area contributed by atoms with E-state index in [4.69, 9.17) is 5.73 Å². The standard InChI is InChI=1S/C6H7N3OS/c7-6(10)3-1-2-4-5(6)9-11-8-4/h1-3,8,10H,7H2. The van der Waals surface area contributed by atoms with E-state index in [0.717, 1.165) is 5.70 Å². The van der Waals surface area contributed by atoms with Gasteiger partial charge in [0.2, 0.25) is 0 Å². The van der Waals surface area contributed by atoms with Gasteiger partial charge in [0.1, 0.15) is 5.71 Å². The van der Waals surface area contributed by atoms with Gasteiger partial charge in [-0.2, -0.15) is 4.40 Å². The summed E-state index contributed by atoms with van der Waals surface area (Å²) in [5, 5.41) is 9.51. The van der Waals surface area contributed by atoms with Crippen LogP contribution in [-0.4, -0.2) is 16.5 Å². The fourth-order valence-corrected chi connectivity index (χ4v) is 1.63. The largest absolute Gasteiger partial charge is 0.367 e. The van der Waals surface area contributed by atoms with E-state index >= 15 is 0 Å². The van der Waals surface area contributed by atoms with E-state index in [1.807, 2.05) is 6.08 Å². The first kappa shape index (κ1) is 6.90. The van der Waals surface area contributed by atoms with Crippen LogP contribution in [-0.2, 0) is 0 Å². The Kier molecular flexibility index (Phi) is 1.32. The summed E-state index contributed by atoms with van der Waals surface area (Å²) in [5.41, 5.74) is 5.38. The first-order valence-corrected chi connectivity index (χ1v) is 3.89. The summed E-state index contributed by atoms with van der Waals surface area (Å²) in [7, 11) is 0. The topological polar surface area (TPSA) is 70.6 Å². The van der Waals surface area contributed by atoms with Crippen molar-refractivity contribution in [3.63, 3.8) is 0 Å². The second-order valence-corrected chi connectivity index (χ2v) is 2.97. The quantitative estimate of drug-likeness (QED) is 0.344. The van der Waals surface area contributed by atoms with Gasteiger partial charge in [-0.15, -0.1) is 0 Å². The van der Waals surface area contributed by atoms with E-state index in [1.165, 1.54) is 18.2 Å². The molecule has 4 N–H and O–H groups in total. The Morgan fingerprint density at radius 3 is 3.27 bits per heavy atom. The van der Waals surface area contributed by atoms with Crippen LogP contribution >= 0.6 is 12.1 Å². The summed E-state index contributed by atoms with van der Waals surface area (Å²) >= 11 is 1.17. The molecule has 2 rings (SSSR count). The molecular weight excluding hydrogens is 162 g/mol. The summed E-state index contributed by atoms with van der Waals surface area (Å²) in [6.45, 7) is 0. The molecule has 1 aliphatic carbocycles. The molecule has 1 heterocycles. The van der Waals surface area contributed by atoms with Gasteiger partial charge in [-0.3, -0.25) is 5.73 Å². The lowest BCUT2D eigenvalue weighted by Gasteiger charge is -2.21. The van der Waals surface area contributed by atoms with E-state index in [-0.39, 0.29) is 0 Å². The van der Waals surface area contributed by atoms with Gasteiger partial charge in [-0.05, 0) is 12.2 Å². The molecular formula is C6H7N3OS. The third kappa shape index (κ3) is 0.973. The minimum atomic E-state index is -1.40. The van der Waals surface area contributed by atoms with Crippen molar-refractivity contribution in [1.29, 1.82) is 0 Å². The Hall–Kier alpha value is -0.780. The van der Waals surface area contributed by atoms with Gasteiger partial charge < -0.3 is 9.83 Å². The van der Waals surface area contributed by atoms with Gasteiger partial charge >= 0.3 is 0 Å². The lowest BCUT2D eigenvalue weighted by atomic mass is 10.0. The average Bonchev–Trinajstić information content (AvgIpc) is 2.34. The van der Waals surface area contributed by atoms with Crippen LogP contribution in [0, 0.1) is 0 Å². The Bertz CT molecular complexity index is 280. The highest BCUT2D eigenvalue weighted by Gasteiger charge is 2.33. The van der Waals surface area contributed by atoms with Gasteiger partial charge in [-0.25, -0.2) is 0 Å². The summed E-state index contributed by atoms with van der Waals surface area (Å²) in [5.74, 6) is 0. The zero-order valence-electron chi connectivity index (χ0n) is 5.61. The van der Waals surface area contributed by atoms with Crippen LogP contribution in [0.25, 0.3) is 0 Å². The first-order valence-electron chi connectivity index (χ1n) is 3.12. The predicted octanol–water partition coefficient (Wildman–Crippen LogP) is -0.305. The van der Waals surface area contributed by atoms with E-state index < -0.39 is 5.72 Å². The number of fused-ring (bicyclic) bond motifs is 1. The molecule has 0 aromatic rings. The summed E-state index contributed by atoms with van der Waals surface area (Å²) in [6.07, 6.45) is 5.02. The van der Waals surface area contributed by atoms with Gasteiger partial charge in [-0.1, -0.05) is 6.08 Å². The van der Waals surface area contributed by atoms with Crippen LogP contribution in [0.1, 0.15) is 0 Å². The molecule has 0 aromatic heterocycles. The molecule has 0 bridgehead atoms. The van der Waals surface area contributed by atoms with Crippen molar-refractivity contribution in [3.05, 3.63) is 23.9 Å². The van der Waals surface area contributed by atoms with E-state index in [1.54, 1.807) is 6.08 Å². The maximum absolute atomic E-state index is 9.51. The van der Waals surface area contributed by atoms with E-state index in [2.05, 4.69) is 9.12 Å². The van der Waals surface area contributed by atoms with Crippen LogP contribution in [0.15, 0.2) is 28.3 Å². The molecule has 0 aromatic carbocycles. The maximum atomic E-state index is 9.51. The van der Waals surface area contributed by atoms with Gasteiger partial charge in [0, 0.05) is 0 Å². The Morgan fingerprint density at radius 1 is 1.73 bits per heavy atom. The van der Waals surface area contributed by atoms with Crippen molar-refractivity contribution in [3.8, 4) is 0 Å². The molecule has 0 fully saturated rings. The minimum absolute atomic E-state index is 0.491. The highest BCUT2D eigenvalue weighted by atomic mass is 32.2. The summed E-state index contributed by atoms with van der Waals surface area (Å²) in [4.78, 5) is 0. The Labute approximate surface area is 68.1 Å². The molecule has 0 radical (unpaired) electrons. The number of rotatable bonds is 0. The van der Waals surface area contributed by atoms with Crippen LogP contribution in [0.3, 0.4) is 0 Å².